The molecule has 4 aromatic carbocycles. The average Bonchev–Trinajstić information content (AvgIpc) is 3.43. The molecule has 1 saturated carbocycles. The molecule has 4 aromatic rings. The number of aromatic hydroxyl groups is 1. The van der Waals surface area contributed by atoms with Gasteiger partial charge in [-0.1, -0.05) is 48.0 Å². The highest BCUT2D eigenvalue weighted by Gasteiger charge is 2.77. The van der Waals surface area contributed by atoms with Gasteiger partial charge in [-0.05, 0) is 65.9 Å². The van der Waals surface area contributed by atoms with Gasteiger partial charge in [0.15, 0.2) is 9.75 Å². The van der Waals surface area contributed by atoms with Crippen molar-refractivity contribution in [2.45, 2.75) is 28.5 Å². The molecule has 2 aliphatic heterocycles. The zero-order valence-corrected chi connectivity index (χ0v) is 26.8. The van der Waals surface area contributed by atoms with Crippen molar-refractivity contribution in [1.29, 1.82) is 0 Å². The first-order chi connectivity index (χ1) is 23.4. The molecule has 13 heteroatoms. The van der Waals surface area contributed by atoms with Gasteiger partial charge in [0.1, 0.15) is 11.6 Å². The number of nitrogens with zero attached hydrogens (tertiary/aromatic N) is 3. The van der Waals surface area contributed by atoms with Gasteiger partial charge < -0.3 is 5.11 Å². The first-order valence-electron chi connectivity index (χ1n) is 15.4. The Morgan fingerprint density at radius 2 is 1.57 bits per heavy atom. The molecule has 8 rings (SSSR count). The fourth-order valence-corrected chi connectivity index (χ4v) is 9.22. The third-order valence-corrected chi connectivity index (χ3v) is 11.8. The van der Waals surface area contributed by atoms with Crippen LogP contribution in [-0.4, -0.2) is 43.4 Å². The van der Waals surface area contributed by atoms with E-state index in [1.807, 2.05) is 0 Å². The van der Waals surface area contributed by atoms with Crippen LogP contribution in [0, 0.1) is 33.7 Å². The van der Waals surface area contributed by atoms with Crippen LogP contribution in [0.1, 0.15) is 24.3 Å². The largest absolute Gasteiger partial charge is 0.508 e. The van der Waals surface area contributed by atoms with Crippen LogP contribution in [0.15, 0.2) is 96.6 Å². The first kappa shape index (κ1) is 31.2. The number of benzene rings is 4. The summed E-state index contributed by atoms with van der Waals surface area (Å²) < 4.78 is 13.9. The molecular formula is C36H24Cl2FN3O7. The van der Waals surface area contributed by atoms with Crippen molar-refractivity contribution < 1.29 is 33.6 Å². The first-order valence-corrected chi connectivity index (χ1v) is 16.2. The SMILES string of the molecule is O=C1[C@H]2[C@H](CC=C3[C@H]2C[C@@]2(Cl)C(=O)N(c4ccc(F)cc4)C(=O)[C@@]2(Cl)[C@H]3c2c(O)ccc3ccccc23)C(=O)N1c1cccc([N+](=O)[O-])c1. The van der Waals surface area contributed by atoms with Gasteiger partial charge in [-0.15, -0.1) is 23.2 Å². The van der Waals surface area contributed by atoms with E-state index in [4.69, 9.17) is 23.2 Å². The molecule has 1 N–H and O–H groups in total. The molecule has 2 saturated heterocycles. The predicted octanol–water partition coefficient (Wildman–Crippen LogP) is 6.36. The Bertz CT molecular complexity index is 2210. The second kappa shape index (κ2) is 10.7. The molecule has 0 radical (unpaired) electrons. The molecule has 6 atom stereocenters. The molecule has 0 spiro atoms. The zero-order valence-electron chi connectivity index (χ0n) is 25.3. The number of phenols is 1. The minimum Gasteiger partial charge on any atom is -0.508 e. The number of halogens is 3. The number of carbonyl (C=O) groups is 4. The molecule has 0 bridgehead atoms. The van der Waals surface area contributed by atoms with Gasteiger partial charge >= 0.3 is 0 Å². The maximum Gasteiger partial charge on any atom is 0.271 e. The topological polar surface area (TPSA) is 138 Å². The lowest BCUT2D eigenvalue weighted by molar-refractivity contribution is -0.384. The number of non-ortho nitro benzene ring substituents is 1. The average molecular weight is 701 g/mol. The Balaban J connectivity index is 1.33. The van der Waals surface area contributed by atoms with Crippen LogP contribution in [0.25, 0.3) is 10.8 Å². The smallest absolute Gasteiger partial charge is 0.271 e. The molecule has 0 aromatic heterocycles. The van der Waals surface area contributed by atoms with E-state index in [0.717, 1.165) is 28.0 Å². The summed E-state index contributed by atoms with van der Waals surface area (Å²) in [6, 6.07) is 20.1. The highest BCUT2D eigenvalue weighted by molar-refractivity contribution is 6.58. The number of imide groups is 2. The Labute approximate surface area is 287 Å². The van der Waals surface area contributed by atoms with Crippen molar-refractivity contribution in [2.24, 2.45) is 17.8 Å². The summed E-state index contributed by atoms with van der Waals surface area (Å²) >= 11 is 14.9. The monoisotopic (exact) mass is 699 g/mol. The summed E-state index contributed by atoms with van der Waals surface area (Å²) in [5.74, 6) is -7.92. The molecule has 49 heavy (non-hydrogen) atoms. The Kier molecular flexibility index (Phi) is 6.79. The molecule has 0 unspecified atom stereocenters. The second-order valence-corrected chi connectivity index (χ2v) is 14.0. The second-order valence-electron chi connectivity index (χ2n) is 12.8. The third-order valence-electron chi connectivity index (χ3n) is 10.4. The number of rotatable bonds is 4. The number of hydrogen-bond donors (Lipinski definition) is 1. The van der Waals surface area contributed by atoms with Crippen molar-refractivity contribution in [3.63, 3.8) is 0 Å². The van der Waals surface area contributed by atoms with Crippen molar-refractivity contribution in [3.8, 4) is 5.75 Å². The summed E-state index contributed by atoms with van der Waals surface area (Å²) in [5.41, 5.74) is 0.440. The van der Waals surface area contributed by atoms with Gasteiger partial charge in [-0.25, -0.2) is 14.2 Å². The number of allylic oxidation sites excluding steroid dienone is 2. The summed E-state index contributed by atoms with van der Waals surface area (Å²) in [6.07, 6.45) is 1.47. The van der Waals surface area contributed by atoms with Crippen LogP contribution < -0.4 is 9.80 Å². The molecule has 2 aliphatic carbocycles. The van der Waals surface area contributed by atoms with E-state index in [9.17, 15) is 38.8 Å². The predicted molar refractivity (Wildman–Crippen MR) is 178 cm³/mol. The van der Waals surface area contributed by atoms with Crippen LogP contribution in [0.5, 0.6) is 5.75 Å². The highest BCUT2D eigenvalue weighted by Crippen LogP contribution is 2.67. The minimum atomic E-state index is -2.23. The van der Waals surface area contributed by atoms with E-state index in [2.05, 4.69) is 0 Å². The Morgan fingerprint density at radius 3 is 2.31 bits per heavy atom. The Morgan fingerprint density at radius 1 is 0.837 bits per heavy atom. The summed E-state index contributed by atoms with van der Waals surface area (Å²) in [4.78, 5) is 65.5. The van der Waals surface area contributed by atoms with E-state index in [0.29, 0.717) is 16.3 Å². The molecule has 246 valence electrons. The maximum atomic E-state index is 14.6. The Hall–Kier alpha value is -5.13. The van der Waals surface area contributed by atoms with E-state index in [-0.39, 0.29) is 41.2 Å². The molecule has 10 nitrogen and oxygen atoms in total. The van der Waals surface area contributed by atoms with Gasteiger partial charge in [0.05, 0.1) is 28.1 Å². The normalized spacial score (nSPS) is 29.2. The molecule has 3 fully saturated rings. The number of nitro groups is 1. The van der Waals surface area contributed by atoms with E-state index in [1.165, 1.54) is 36.4 Å². The number of hydrogen-bond acceptors (Lipinski definition) is 7. The number of amides is 4. The van der Waals surface area contributed by atoms with E-state index < -0.39 is 67.8 Å². The van der Waals surface area contributed by atoms with E-state index in [1.54, 1.807) is 36.4 Å². The van der Waals surface area contributed by atoms with Gasteiger partial charge in [-0.2, -0.15) is 0 Å². The number of anilines is 2. The lowest BCUT2D eigenvalue weighted by atomic mass is 9.56. The number of nitro benzene ring substituents is 1. The van der Waals surface area contributed by atoms with Crippen molar-refractivity contribution in [1.82, 2.24) is 0 Å². The van der Waals surface area contributed by atoms with Gasteiger partial charge in [0.25, 0.3) is 17.5 Å². The summed E-state index contributed by atoms with van der Waals surface area (Å²) in [5, 5.41) is 24.3. The van der Waals surface area contributed by atoms with Gasteiger partial charge in [0.2, 0.25) is 11.8 Å². The fraction of sp³-hybridized carbons (Fsp3) is 0.222. The maximum absolute atomic E-state index is 14.6. The third kappa shape index (κ3) is 4.12. The summed E-state index contributed by atoms with van der Waals surface area (Å²) in [7, 11) is 0. The van der Waals surface area contributed by atoms with Gasteiger partial charge in [-0.3, -0.25) is 29.3 Å². The number of alkyl halides is 2. The highest BCUT2D eigenvalue weighted by atomic mass is 35.5. The summed E-state index contributed by atoms with van der Waals surface area (Å²) in [6.45, 7) is 0. The van der Waals surface area contributed by atoms with Crippen LogP contribution in [0.4, 0.5) is 21.5 Å². The lowest BCUT2D eigenvalue weighted by Gasteiger charge is -2.51. The minimum absolute atomic E-state index is 0.0288. The van der Waals surface area contributed by atoms with Gasteiger partial charge in [0, 0.05) is 23.6 Å². The molecule has 2 heterocycles. The fourth-order valence-electron chi connectivity index (χ4n) is 8.30. The van der Waals surface area contributed by atoms with Crippen LogP contribution in [0.3, 0.4) is 0 Å². The molecule has 4 aliphatic rings. The zero-order chi connectivity index (χ0) is 34.6. The van der Waals surface area contributed by atoms with Crippen molar-refractivity contribution in [2.75, 3.05) is 9.80 Å². The van der Waals surface area contributed by atoms with Crippen LogP contribution >= 0.6 is 23.2 Å². The van der Waals surface area contributed by atoms with Crippen molar-refractivity contribution in [3.05, 3.63) is 118 Å². The standard InChI is InChI=1S/C36H24Cl2FN3O7/c37-35-17-26-24(13-14-25-28(26)32(45)40(31(25)44)21-5-3-6-22(16-21)42(48)49)30(29-23-7-2-1-4-18(23)8-15-27(29)43)36(35,38)34(47)41(33(35)46)20-11-9-19(39)10-12-20/h1-13,15-16,25-26,28,30,43H,14,17H2/t25-,26+,28-,30+,35+,36-/m0/s1. The quantitative estimate of drug-likeness (QED) is 0.0860. The van der Waals surface area contributed by atoms with Crippen LogP contribution in [-0.2, 0) is 19.2 Å². The number of fused-ring (bicyclic) bond motifs is 5. The number of carbonyl (C=O) groups excluding carboxylic acids is 4. The number of phenolic OH excluding ortho intramolecular Hbond substituents is 1. The van der Waals surface area contributed by atoms with E-state index >= 15 is 0 Å². The molecule has 4 amide bonds. The van der Waals surface area contributed by atoms with Crippen molar-refractivity contribution >= 4 is 74.7 Å². The van der Waals surface area contributed by atoms with Crippen LogP contribution in [0.2, 0.25) is 0 Å². The lowest BCUT2D eigenvalue weighted by Crippen LogP contribution is -2.60. The molecular weight excluding hydrogens is 676 g/mol.